The number of allylic oxidation sites excluding steroid dienone is 1. The van der Waals surface area contributed by atoms with Gasteiger partial charge in [0.05, 0.1) is 11.7 Å². The van der Waals surface area contributed by atoms with E-state index in [-0.39, 0.29) is 6.10 Å². The van der Waals surface area contributed by atoms with E-state index in [1.807, 2.05) is 6.92 Å². The number of aliphatic hydroxyl groups excluding tert-OH is 1. The molecule has 2 N–H and O–H groups in total. The molecule has 4 rings (SSSR count). The van der Waals surface area contributed by atoms with Crippen molar-refractivity contribution in [3.8, 4) is 0 Å². The van der Waals surface area contributed by atoms with Gasteiger partial charge < -0.3 is 10.2 Å². The van der Waals surface area contributed by atoms with Crippen molar-refractivity contribution in [3.63, 3.8) is 0 Å². The van der Waals surface area contributed by atoms with E-state index >= 15 is 0 Å². The molecule has 0 unspecified atom stereocenters. The van der Waals surface area contributed by atoms with Gasteiger partial charge in [0.25, 0.3) is 0 Å². The fourth-order valence-electron chi connectivity index (χ4n) is 8.93. The van der Waals surface area contributed by atoms with Crippen LogP contribution >= 0.6 is 0 Å². The molecule has 2 heteroatoms. The van der Waals surface area contributed by atoms with Gasteiger partial charge in [-0.1, -0.05) is 52.2 Å². The van der Waals surface area contributed by atoms with Gasteiger partial charge in [0.2, 0.25) is 0 Å². The highest BCUT2D eigenvalue weighted by Gasteiger charge is 2.59. The Bertz CT molecular complexity index is 653. The SMILES string of the molecule is CC[C@]1(O)CC[C@@]2(C)C(=CC[C@H]3[C@@H]4CC[C@H]([C@H](C)CCC[C@@H](C)O)[C@@]4(C)CC[C@@H]32)C1. The molecule has 0 bridgehead atoms. The van der Waals surface area contributed by atoms with E-state index < -0.39 is 5.60 Å². The Morgan fingerprint density at radius 3 is 2.50 bits per heavy atom. The van der Waals surface area contributed by atoms with Crippen LogP contribution in [0.25, 0.3) is 0 Å². The van der Waals surface area contributed by atoms with Crippen molar-refractivity contribution >= 4 is 0 Å². The van der Waals surface area contributed by atoms with Crippen LogP contribution in [-0.2, 0) is 0 Å². The highest BCUT2D eigenvalue weighted by molar-refractivity contribution is 5.27. The predicted octanol–water partition coefficient (Wildman–Crippen LogP) is 6.89. The number of hydrogen-bond acceptors (Lipinski definition) is 2. The van der Waals surface area contributed by atoms with Gasteiger partial charge in [-0.25, -0.2) is 0 Å². The Kier molecular flexibility index (Phi) is 6.26. The van der Waals surface area contributed by atoms with Crippen LogP contribution in [0.4, 0.5) is 0 Å². The maximum atomic E-state index is 11.0. The molecule has 4 aliphatic rings. The summed E-state index contributed by atoms with van der Waals surface area (Å²) in [5.74, 6) is 4.24. The molecule has 0 radical (unpaired) electrons. The van der Waals surface area contributed by atoms with Crippen molar-refractivity contribution in [3.05, 3.63) is 11.6 Å². The van der Waals surface area contributed by atoms with Crippen molar-refractivity contribution in [1.29, 1.82) is 0 Å². The lowest BCUT2D eigenvalue weighted by atomic mass is 9.46. The Morgan fingerprint density at radius 2 is 1.80 bits per heavy atom. The number of rotatable bonds is 6. The predicted molar refractivity (Wildman–Crippen MR) is 125 cm³/mol. The number of hydrogen-bond donors (Lipinski definition) is 2. The summed E-state index contributed by atoms with van der Waals surface area (Å²) in [5, 5.41) is 20.6. The first-order valence-corrected chi connectivity index (χ1v) is 13.2. The van der Waals surface area contributed by atoms with Crippen LogP contribution in [0.15, 0.2) is 11.6 Å². The second kappa shape index (κ2) is 8.22. The summed E-state index contributed by atoms with van der Waals surface area (Å²) in [6, 6.07) is 0. The summed E-state index contributed by atoms with van der Waals surface area (Å²) < 4.78 is 0. The molecule has 0 aliphatic heterocycles. The summed E-state index contributed by atoms with van der Waals surface area (Å²) in [6.07, 6.45) is 16.8. The van der Waals surface area contributed by atoms with Crippen LogP contribution < -0.4 is 0 Å². The largest absolute Gasteiger partial charge is 0.393 e. The Balaban J connectivity index is 1.50. The zero-order chi connectivity index (χ0) is 21.7. The van der Waals surface area contributed by atoms with E-state index in [9.17, 15) is 10.2 Å². The second-order valence-electron chi connectivity index (χ2n) is 12.5. The van der Waals surface area contributed by atoms with Crippen molar-refractivity contribution in [2.75, 3.05) is 0 Å². The maximum absolute atomic E-state index is 11.0. The normalized spacial score (nSPS) is 47.6. The van der Waals surface area contributed by atoms with Crippen molar-refractivity contribution in [2.24, 2.45) is 40.4 Å². The topological polar surface area (TPSA) is 40.5 Å². The minimum Gasteiger partial charge on any atom is -0.393 e. The van der Waals surface area contributed by atoms with Gasteiger partial charge >= 0.3 is 0 Å². The molecule has 0 saturated heterocycles. The Labute approximate surface area is 185 Å². The van der Waals surface area contributed by atoms with Gasteiger partial charge in [-0.05, 0) is 112 Å². The molecule has 3 saturated carbocycles. The van der Waals surface area contributed by atoms with Gasteiger partial charge in [-0.3, -0.25) is 0 Å². The fourth-order valence-corrected chi connectivity index (χ4v) is 8.93. The van der Waals surface area contributed by atoms with Gasteiger partial charge in [0.1, 0.15) is 0 Å². The minimum atomic E-state index is -0.443. The molecule has 4 aliphatic carbocycles. The Hall–Kier alpha value is -0.340. The molecule has 0 spiro atoms. The third-order valence-electron chi connectivity index (χ3n) is 11.0. The van der Waals surface area contributed by atoms with Crippen LogP contribution in [0.3, 0.4) is 0 Å². The molecule has 30 heavy (non-hydrogen) atoms. The summed E-state index contributed by atoms with van der Waals surface area (Å²) in [5.41, 5.74) is 2.02. The molecule has 0 aromatic heterocycles. The molecule has 0 amide bonds. The highest BCUT2D eigenvalue weighted by atomic mass is 16.3. The molecular weight excluding hydrogens is 368 g/mol. The first-order chi connectivity index (χ1) is 14.1. The van der Waals surface area contributed by atoms with Gasteiger partial charge in [0, 0.05) is 0 Å². The zero-order valence-electron chi connectivity index (χ0n) is 20.4. The number of aliphatic hydroxyl groups is 2. The second-order valence-corrected chi connectivity index (χ2v) is 12.5. The van der Waals surface area contributed by atoms with E-state index in [0.29, 0.717) is 10.8 Å². The van der Waals surface area contributed by atoms with Crippen LogP contribution in [0.2, 0.25) is 0 Å². The lowest BCUT2D eigenvalue weighted by Gasteiger charge is -2.59. The van der Waals surface area contributed by atoms with Gasteiger partial charge in [0.15, 0.2) is 0 Å². The highest BCUT2D eigenvalue weighted by Crippen LogP contribution is 2.67. The van der Waals surface area contributed by atoms with Gasteiger partial charge in [-0.15, -0.1) is 0 Å². The monoisotopic (exact) mass is 416 g/mol. The van der Waals surface area contributed by atoms with E-state index in [1.165, 1.54) is 51.4 Å². The van der Waals surface area contributed by atoms with Crippen molar-refractivity contribution in [2.45, 2.75) is 123 Å². The molecule has 0 heterocycles. The minimum absolute atomic E-state index is 0.149. The smallest absolute Gasteiger partial charge is 0.0682 e. The van der Waals surface area contributed by atoms with E-state index in [1.54, 1.807) is 5.57 Å². The average Bonchev–Trinajstić information content (AvgIpc) is 3.05. The lowest BCUT2D eigenvalue weighted by molar-refractivity contribution is -0.0755. The average molecular weight is 417 g/mol. The molecule has 2 nitrogen and oxygen atoms in total. The van der Waals surface area contributed by atoms with E-state index in [2.05, 4.69) is 33.8 Å². The molecule has 172 valence electrons. The van der Waals surface area contributed by atoms with Crippen LogP contribution in [-0.4, -0.2) is 21.9 Å². The molecule has 0 aromatic carbocycles. The summed E-state index contributed by atoms with van der Waals surface area (Å²) >= 11 is 0. The maximum Gasteiger partial charge on any atom is 0.0682 e. The van der Waals surface area contributed by atoms with Crippen molar-refractivity contribution in [1.82, 2.24) is 0 Å². The van der Waals surface area contributed by atoms with Crippen LogP contribution in [0.1, 0.15) is 112 Å². The van der Waals surface area contributed by atoms with Crippen molar-refractivity contribution < 1.29 is 10.2 Å². The molecule has 9 atom stereocenters. The quantitative estimate of drug-likeness (QED) is 0.463. The van der Waals surface area contributed by atoms with E-state index in [0.717, 1.165) is 55.3 Å². The summed E-state index contributed by atoms with van der Waals surface area (Å²) in [4.78, 5) is 0. The Morgan fingerprint density at radius 1 is 1.03 bits per heavy atom. The third kappa shape index (κ3) is 3.72. The van der Waals surface area contributed by atoms with E-state index in [4.69, 9.17) is 0 Å². The molecular formula is C28H48O2. The third-order valence-corrected chi connectivity index (χ3v) is 11.0. The molecule has 0 aromatic rings. The summed E-state index contributed by atoms with van der Waals surface area (Å²) in [6.45, 7) is 11.8. The standard InChI is InChI=1S/C28H48O2/c1-6-28(30)17-16-26(4)21(18-28)10-11-22-24-13-12-23(19(2)8-7-9-20(3)29)27(24,5)15-14-25(22)26/h10,19-20,22-25,29-30H,6-9,11-18H2,1-5H3/t19-,20-,22+,23-,24+,25+,26+,27-,28+/m1/s1. The zero-order valence-corrected chi connectivity index (χ0v) is 20.4. The first-order valence-electron chi connectivity index (χ1n) is 13.2. The molecule has 3 fully saturated rings. The van der Waals surface area contributed by atoms with Crippen LogP contribution in [0.5, 0.6) is 0 Å². The number of fused-ring (bicyclic) bond motifs is 5. The summed E-state index contributed by atoms with van der Waals surface area (Å²) in [7, 11) is 0. The van der Waals surface area contributed by atoms with Crippen LogP contribution in [0, 0.1) is 40.4 Å². The first kappa shape index (κ1) is 22.8. The fraction of sp³-hybridized carbons (Fsp3) is 0.929. The van der Waals surface area contributed by atoms with Gasteiger partial charge in [-0.2, -0.15) is 0 Å². The lowest BCUT2D eigenvalue weighted by Crippen LogP contribution is -2.52.